The molecule has 1 aromatic carbocycles. The summed E-state index contributed by atoms with van der Waals surface area (Å²) in [5.41, 5.74) is 2.02. The Morgan fingerprint density at radius 3 is 2.39 bits per heavy atom. The van der Waals surface area contributed by atoms with Crippen LogP contribution in [0, 0.1) is 0 Å². The highest BCUT2D eigenvalue weighted by Gasteiger charge is 2.35. The van der Waals surface area contributed by atoms with Crippen LogP contribution >= 0.6 is 23.0 Å². The van der Waals surface area contributed by atoms with E-state index in [0.29, 0.717) is 24.2 Å². The monoisotopic (exact) mass is 578 g/mol. The van der Waals surface area contributed by atoms with Crippen LogP contribution in [0.25, 0.3) is 0 Å². The molecule has 0 saturated carbocycles. The molecule has 0 spiro atoms. The maximum atomic E-state index is 13.4. The van der Waals surface area contributed by atoms with Gasteiger partial charge in [0.2, 0.25) is 0 Å². The SMILES string of the molecule is CC1CN(C(=O)N(Cc2ccc(C(=O)NOI)cc2)c2cccc(C(F)(F)F)n2)CC(C)O1. The number of alkyl halides is 3. The van der Waals surface area contributed by atoms with E-state index < -0.39 is 23.8 Å². The standard InChI is InChI=1S/C21H22F3IN4O4/c1-13-10-28(11-14(2)32-13)20(31)29(18-5-3-4-17(26-18)21(22,23)24)12-15-6-8-16(9-7-15)19(30)27-33-25/h3-9,13-14H,10-12H2,1-2H3,(H,27,30). The van der Waals surface area contributed by atoms with Crippen molar-refractivity contribution in [2.24, 2.45) is 0 Å². The fraction of sp³-hybridized carbons (Fsp3) is 0.381. The van der Waals surface area contributed by atoms with E-state index in [0.717, 1.165) is 6.07 Å². The van der Waals surface area contributed by atoms with Crippen molar-refractivity contribution in [2.75, 3.05) is 18.0 Å². The zero-order chi connectivity index (χ0) is 24.2. The molecule has 8 nitrogen and oxygen atoms in total. The first kappa shape index (κ1) is 25.2. The Morgan fingerprint density at radius 2 is 1.82 bits per heavy atom. The summed E-state index contributed by atoms with van der Waals surface area (Å²) < 4.78 is 50.0. The lowest BCUT2D eigenvalue weighted by Crippen LogP contribution is -2.53. The van der Waals surface area contributed by atoms with Crippen molar-refractivity contribution >= 4 is 40.8 Å². The maximum Gasteiger partial charge on any atom is 0.433 e. The third kappa shape index (κ3) is 6.54. The lowest BCUT2D eigenvalue weighted by atomic mass is 10.1. The molecule has 0 radical (unpaired) electrons. The average molecular weight is 578 g/mol. The number of morpholine rings is 1. The summed E-state index contributed by atoms with van der Waals surface area (Å²) in [6.07, 6.45) is -5.08. The third-order valence-electron chi connectivity index (χ3n) is 4.91. The smallest absolute Gasteiger partial charge is 0.372 e. The van der Waals surface area contributed by atoms with E-state index in [2.05, 4.69) is 13.6 Å². The van der Waals surface area contributed by atoms with Crippen molar-refractivity contribution in [3.05, 3.63) is 59.3 Å². The molecule has 1 saturated heterocycles. The molecule has 1 fully saturated rings. The Morgan fingerprint density at radius 1 is 1.18 bits per heavy atom. The van der Waals surface area contributed by atoms with Gasteiger partial charge in [-0.05, 0) is 43.7 Å². The number of anilines is 1. The van der Waals surface area contributed by atoms with Crippen LogP contribution in [0.4, 0.5) is 23.8 Å². The number of nitrogens with zero attached hydrogens (tertiary/aromatic N) is 3. The minimum absolute atomic E-state index is 0.0437. The number of rotatable bonds is 5. The quantitative estimate of drug-likeness (QED) is 0.422. The van der Waals surface area contributed by atoms with Crippen LogP contribution in [0.2, 0.25) is 0 Å². The van der Waals surface area contributed by atoms with Crippen LogP contribution in [0.15, 0.2) is 42.5 Å². The van der Waals surface area contributed by atoms with Gasteiger partial charge in [0, 0.05) is 18.7 Å². The molecule has 1 aliphatic rings. The summed E-state index contributed by atoms with van der Waals surface area (Å²) in [5.74, 6) is -0.582. The highest BCUT2D eigenvalue weighted by molar-refractivity contribution is 14.1. The lowest BCUT2D eigenvalue weighted by Gasteiger charge is -2.38. The number of pyridine rings is 1. The largest absolute Gasteiger partial charge is 0.433 e. The minimum Gasteiger partial charge on any atom is -0.372 e. The third-order valence-corrected chi connectivity index (χ3v) is 5.13. The lowest BCUT2D eigenvalue weighted by molar-refractivity contribution is -0.141. The topological polar surface area (TPSA) is 84.0 Å². The van der Waals surface area contributed by atoms with E-state index in [1.54, 1.807) is 17.0 Å². The Labute approximate surface area is 202 Å². The molecular formula is C21H22F3IN4O4. The van der Waals surface area contributed by atoms with Gasteiger partial charge in [-0.1, -0.05) is 18.2 Å². The summed E-state index contributed by atoms with van der Waals surface area (Å²) in [7, 11) is 0. The predicted octanol–water partition coefficient (Wildman–Crippen LogP) is 4.35. The molecule has 3 amide bonds. The fourth-order valence-corrected chi connectivity index (χ4v) is 3.72. The number of urea groups is 1. The summed E-state index contributed by atoms with van der Waals surface area (Å²) >= 11 is 1.52. The average Bonchev–Trinajstić information content (AvgIpc) is 2.76. The molecular weight excluding hydrogens is 556 g/mol. The van der Waals surface area contributed by atoms with Crippen LogP contribution < -0.4 is 10.4 Å². The van der Waals surface area contributed by atoms with Crippen LogP contribution in [0.1, 0.15) is 35.5 Å². The molecule has 178 valence electrons. The number of ether oxygens (including phenoxy) is 1. The van der Waals surface area contributed by atoms with Gasteiger partial charge in [0.05, 0.1) is 18.8 Å². The van der Waals surface area contributed by atoms with E-state index in [1.807, 2.05) is 13.8 Å². The maximum absolute atomic E-state index is 13.4. The van der Waals surface area contributed by atoms with Crippen molar-refractivity contribution in [3.63, 3.8) is 0 Å². The Balaban J connectivity index is 1.92. The van der Waals surface area contributed by atoms with Crippen LogP contribution in [-0.2, 0) is 20.6 Å². The number of hydrogen-bond acceptors (Lipinski definition) is 5. The van der Waals surface area contributed by atoms with Crippen molar-refractivity contribution in [1.82, 2.24) is 15.4 Å². The van der Waals surface area contributed by atoms with E-state index in [1.165, 1.54) is 52.2 Å². The van der Waals surface area contributed by atoms with Gasteiger partial charge in [-0.15, -0.1) is 0 Å². The van der Waals surface area contributed by atoms with Crippen LogP contribution in [0.5, 0.6) is 0 Å². The molecule has 0 bridgehead atoms. The molecule has 1 aliphatic heterocycles. The first-order chi connectivity index (χ1) is 15.6. The summed E-state index contributed by atoms with van der Waals surface area (Å²) in [5, 5.41) is 0. The molecule has 0 aliphatic carbocycles. The van der Waals surface area contributed by atoms with Crippen LogP contribution in [0.3, 0.4) is 0 Å². The molecule has 2 aromatic rings. The Kier molecular flexibility index (Phi) is 8.13. The second-order valence-corrected chi connectivity index (χ2v) is 8.06. The zero-order valence-electron chi connectivity index (χ0n) is 17.8. The van der Waals surface area contributed by atoms with Crippen molar-refractivity contribution in [2.45, 2.75) is 38.8 Å². The molecule has 2 unspecified atom stereocenters. The van der Waals surface area contributed by atoms with Gasteiger partial charge >= 0.3 is 12.2 Å². The first-order valence-corrected chi connectivity index (χ1v) is 10.9. The van der Waals surface area contributed by atoms with Gasteiger partial charge in [0.1, 0.15) is 34.5 Å². The van der Waals surface area contributed by atoms with Gasteiger partial charge in [-0.3, -0.25) is 9.69 Å². The highest BCUT2D eigenvalue weighted by atomic mass is 127. The van der Waals surface area contributed by atoms with Crippen LogP contribution in [-0.4, -0.2) is 47.1 Å². The molecule has 1 aromatic heterocycles. The number of carbonyl (C=O) groups is 2. The summed E-state index contributed by atoms with van der Waals surface area (Å²) in [6, 6.07) is 9.23. The van der Waals surface area contributed by atoms with Crippen molar-refractivity contribution in [3.8, 4) is 0 Å². The number of benzene rings is 1. The number of halogens is 4. The Bertz CT molecular complexity index is 980. The van der Waals surface area contributed by atoms with E-state index in [4.69, 9.17) is 4.74 Å². The van der Waals surface area contributed by atoms with E-state index >= 15 is 0 Å². The number of carbonyl (C=O) groups excluding carboxylic acids is 2. The number of nitrogens with one attached hydrogen (secondary N) is 1. The molecule has 2 heterocycles. The number of amides is 3. The van der Waals surface area contributed by atoms with E-state index in [-0.39, 0.29) is 24.6 Å². The molecule has 12 heteroatoms. The molecule has 1 N–H and O–H groups in total. The van der Waals surface area contributed by atoms with Gasteiger partial charge in [-0.25, -0.2) is 18.4 Å². The predicted molar refractivity (Wildman–Crippen MR) is 121 cm³/mol. The van der Waals surface area contributed by atoms with Crippen molar-refractivity contribution in [1.29, 1.82) is 0 Å². The summed E-state index contributed by atoms with van der Waals surface area (Å²) in [4.78, 5) is 31.7. The number of aromatic nitrogens is 1. The van der Waals surface area contributed by atoms with Crippen molar-refractivity contribution < 1.29 is 30.7 Å². The second-order valence-electron chi connectivity index (χ2n) is 7.62. The zero-order valence-corrected chi connectivity index (χ0v) is 20.0. The molecule has 3 rings (SSSR count). The number of hydroxylamine groups is 1. The van der Waals surface area contributed by atoms with Gasteiger partial charge in [-0.2, -0.15) is 13.2 Å². The first-order valence-electron chi connectivity index (χ1n) is 10.0. The molecule has 2 atom stereocenters. The summed E-state index contributed by atoms with van der Waals surface area (Å²) in [6.45, 7) is 4.21. The second kappa shape index (κ2) is 10.7. The van der Waals surface area contributed by atoms with Gasteiger partial charge in [0.15, 0.2) is 0 Å². The molecule has 33 heavy (non-hydrogen) atoms. The van der Waals surface area contributed by atoms with Gasteiger partial charge < -0.3 is 9.64 Å². The normalized spacial score (nSPS) is 18.7. The highest BCUT2D eigenvalue weighted by Crippen LogP contribution is 2.30. The van der Waals surface area contributed by atoms with E-state index in [9.17, 15) is 22.8 Å². The fourth-order valence-electron chi connectivity index (χ4n) is 3.52. The van der Waals surface area contributed by atoms with Gasteiger partial charge in [0.25, 0.3) is 5.91 Å². The Hall–Kier alpha value is -2.45. The number of hydrogen-bond donors (Lipinski definition) is 1. The minimum atomic E-state index is -4.65.